The van der Waals surface area contributed by atoms with Crippen molar-refractivity contribution in [3.63, 3.8) is 0 Å². The number of ether oxygens (including phenoxy) is 1. The van der Waals surface area contributed by atoms with E-state index in [0.717, 1.165) is 29.8 Å². The minimum atomic E-state index is 0.0768. The van der Waals surface area contributed by atoms with Gasteiger partial charge >= 0.3 is 0 Å². The molecule has 0 N–H and O–H groups in total. The fraction of sp³-hybridized carbons (Fsp3) is 0.500. The number of aryl methyl sites for hydroxylation is 1. The fourth-order valence-electron chi connectivity index (χ4n) is 2.31. The zero-order chi connectivity index (χ0) is 12.0. The van der Waals surface area contributed by atoms with Crippen LogP contribution in [0.4, 0.5) is 5.69 Å². The fourth-order valence-corrected chi connectivity index (χ4v) is 2.31. The first-order chi connectivity index (χ1) is 8.15. The van der Waals surface area contributed by atoms with E-state index in [0.29, 0.717) is 6.54 Å². The van der Waals surface area contributed by atoms with Crippen LogP contribution in [0.2, 0.25) is 0 Å². The lowest BCUT2D eigenvalue weighted by Gasteiger charge is -2.33. The number of amides is 1. The molecule has 1 aliphatic carbocycles. The Hall–Kier alpha value is -1.51. The predicted molar refractivity (Wildman–Crippen MR) is 66.3 cm³/mol. The summed E-state index contributed by atoms with van der Waals surface area (Å²) >= 11 is 0. The van der Waals surface area contributed by atoms with E-state index in [4.69, 9.17) is 4.74 Å². The SMILES string of the molecule is Cc1ccc2c(c1)N(C(=O)C1CC1)C[C@@H](C)O2. The number of benzene rings is 1. The Morgan fingerprint density at radius 2 is 2.18 bits per heavy atom. The molecule has 3 heteroatoms. The molecule has 0 unspecified atom stereocenters. The van der Waals surface area contributed by atoms with Crippen LogP contribution in [0.25, 0.3) is 0 Å². The van der Waals surface area contributed by atoms with Crippen LogP contribution in [0.3, 0.4) is 0 Å². The molecule has 1 fully saturated rings. The van der Waals surface area contributed by atoms with Crippen molar-refractivity contribution in [1.82, 2.24) is 0 Å². The highest BCUT2D eigenvalue weighted by Crippen LogP contribution is 2.39. The molecule has 90 valence electrons. The van der Waals surface area contributed by atoms with Gasteiger partial charge in [-0.1, -0.05) is 6.07 Å². The first kappa shape index (κ1) is 10.6. The summed E-state index contributed by atoms with van der Waals surface area (Å²) in [6, 6.07) is 6.03. The molecule has 1 aliphatic heterocycles. The lowest BCUT2D eigenvalue weighted by atomic mass is 10.1. The number of hydrogen-bond acceptors (Lipinski definition) is 2. The maximum atomic E-state index is 12.3. The molecule has 0 spiro atoms. The molecule has 1 atom stereocenters. The van der Waals surface area contributed by atoms with Gasteiger partial charge in [-0.25, -0.2) is 0 Å². The van der Waals surface area contributed by atoms with Crippen LogP contribution in [0, 0.1) is 12.8 Å². The second kappa shape index (κ2) is 3.76. The van der Waals surface area contributed by atoms with Gasteiger partial charge in [-0.15, -0.1) is 0 Å². The van der Waals surface area contributed by atoms with Gasteiger partial charge in [-0.05, 0) is 44.4 Å². The molecule has 0 bridgehead atoms. The van der Waals surface area contributed by atoms with E-state index in [1.807, 2.05) is 36.9 Å². The quantitative estimate of drug-likeness (QED) is 0.743. The topological polar surface area (TPSA) is 29.5 Å². The van der Waals surface area contributed by atoms with E-state index < -0.39 is 0 Å². The largest absolute Gasteiger partial charge is 0.487 e. The van der Waals surface area contributed by atoms with Gasteiger partial charge in [0, 0.05) is 5.92 Å². The van der Waals surface area contributed by atoms with Gasteiger partial charge in [0.15, 0.2) is 0 Å². The van der Waals surface area contributed by atoms with E-state index in [9.17, 15) is 4.79 Å². The summed E-state index contributed by atoms with van der Waals surface area (Å²) in [6.45, 7) is 4.72. The summed E-state index contributed by atoms with van der Waals surface area (Å²) in [6.07, 6.45) is 2.17. The number of hydrogen-bond donors (Lipinski definition) is 0. The Bertz CT molecular complexity index is 465. The third kappa shape index (κ3) is 1.90. The summed E-state index contributed by atoms with van der Waals surface area (Å²) in [7, 11) is 0. The second-order valence-corrected chi connectivity index (χ2v) is 5.12. The molecular weight excluding hydrogens is 214 g/mol. The highest BCUT2D eigenvalue weighted by Gasteiger charge is 2.37. The van der Waals surface area contributed by atoms with Gasteiger partial charge in [0.2, 0.25) is 5.91 Å². The van der Waals surface area contributed by atoms with Crippen LogP contribution < -0.4 is 9.64 Å². The van der Waals surface area contributed by atoms with Crippen molar-refractivity contribution >= 4 is 11.6 Å². The van der Waals surface area contributed by atoms with E-state index in [-0.39, 0.29) is 17.9 Å². The zero-order valence-electron chi connectivity index (χ0n) is 10.3. The van der Waals surface area contributed by atoms with Crippen molar-refractivity contribution in [2.24, 2.45) is 5.92 Å². The highest BCUT2D eigenvalue weighted by molar-refractivity contribution is 5.98. The number of carbonyl (C=O) groups excluding carboxylic acids is 1. The van der Waals surface area contributed by atoms with Crippen LogP contribution in [-0.4, -0.2) is 18.6 Å². The van der Waals surface area contributed by atoms with Crippen molar-refractivity contribution < 1.29 is 9.53 Å². The van der Waals surface area contributed by atoms with Crippen molar-refractivity contribution in [2.75, 3.05) is 11.4 Å². The predicted octanol–water partition coefficient (Wildman–Crippen LogP) is 2.52. The number of nitrogens with zero attached hydrogens (tertiary/aromatic N) is 1. The molecule has 0 saturated heterocycles. The maximum Gasteiger partial charge on any atom is 0.230 e. The Morgan fingerprint density at radius 1 is 1.41 bits per heavy atom. The van der Waals surface area contributed by atoms with Gasteiger partial charge in [-0.3, -0.25) is 4.79 Å². The third-order valence-corrected chi connectivity index (χ3v) is 3.37. The lowest BCUT2D eigenvalue weighted by molar-refractivity contribution is -0.120. The number of carbonyl (C=O) groups is 1. The van der Waals surface area contributed by atoms with Crippen molar-refractivity contribution in [2.45, 2.75) is 32.8 Å². The average molecular weight is 231 g/mol. The maximum absolute atomic E-state index is 12.3. The Morgan fingerprint density at radius 3 is 2.88 bits per heavy atom. The van der Waals surface area contributed by atoms with Gasteiger partial charge < -0.3 is 9.64 Å². The number of anilines is 1. The van der Waals surface area contributed by atoms with Crippen LogP contribution in [0.15, 0.2) is 18.2 Å². The second-order valence-electron chi connectivity index (χ2n) is 5.12. The standard InChI is InChI=1S/C14H17NO2/c1-9-3-6-13-12(7-9)15(8-10(2)17-13)14(16)11-4-5-11/h3,6-7,10-11H,4-5,8H2,1-2H3/t10-/m1/s1. The minimum absolute atomic E-state index is 0.0768. The Kier molecular flexibility index (Phi) is 2.35. The third-order valence-electron chi connectivity index (χ3n) is 3.37. The molecule has 0 aromatic heterocycles. The smallest absolute Gasteiger partial charge is 0.230 e. The van der Waals surface area contributed by atoms with Crippen molar-refractivity contribution in [3.05, 3.63) is 23.8 Å². The van der Waals surface area contributed by atoms with E-state index in [1.165, 1.54) is 0 Å². The molecule has 2 aliphatic rings. The molecule has 1 amide bonds. The summed E-state index contributed by atoms with van der Waals surface area (Å²) in [5.41, 5.74) is 2.11. The molecule has 1 aromatic rings. The number of rotatable bonds is 1. The average Bonchev–Trinajstić information content (AvgIpc) is 3.11. The van der Waals surface area contributed by atoms with Gasteiger partial charge in [-0.2, -0.15) is 0 Å². The minimum Gasteiger partial charge on any atom is -0.487 e. The monoisotopic (exact) mass is 231 g/mol. The molecule has 17 heavy (non-hydrogen) atoms. The van der Waals surface area contributed by atoms with Crippen molar-refractivity contribution in [3.8, 4) is 5.75 Å². The molecule has 3 rings (SSSR count). The number of fused-ring (bicyclic) bond motifs is 1. The van der Waals surface area contributed by atoms with Crippen LogP contribution in [-0.2, 0) is 4.79 Å². The first-order valence-electron chi connectivity index (χ1n) is 6.24. The summed E-state index contributed by atoms with van der Waals surface area (Å²) in [5, 5.41) is 0. The van der Waals surface area contributed by atoms with Gasteiger partial charge in [0.05, 0.1) is 12.2 Å². The van der Waals surface area contributed by atoms with E-state index >= 15 is 0 Å². The first-order valence-corrected chi connectivity index (χ1v) is 6.24. The lowest BCUT2D eigenvalue weighted by Crippen LogP contribution is -2.43. The summed E-state index contributed by atoms with van der Waals surface area (Å²) < 4.78 is 5.77. The van der Waals surface area contributed by atoms with Gasteiger partial charge in [0.25, 0.3) is 0 Å². The molecule has 1 heterocycles. The molecular formula is C14H17NO2. The van der Waals surface area contributed by atoms with Crippen LogP contribution >= 0.6 is 0 Å². The summed E-state index contributed by atoms with van der Waals surface area (Å²) in [4.78, 5) is 14.2. The van der Waals surface area contributed by atoms with Crippen LogP contribution in [0.5, 0.6) is 5.75 Å². The molecule has 1 aromatic carbocycles. The Balaban J connectivity index is 1.99. The molecule has 0 radical (unpaired) electrons. The van der Waals surface area contributed by atoms with Crippen molar-refractivity contribution in [1.29, 1.82) is 0 Å². The molecule has 1 saturated carbocycles. The van der Waals surface area contributed by atoms with E-state index in [2.05, 4.69) is 0 Å². The normalized spacial score (nSPS) is 22.9. The van der Waals surface area contributed by atoms with Crippen LogP contribution in [0.1, 0.15) is 25.3 Å². The van der Waals surface area contributed by atoms with E-state index in [1.54, 1.807) is 0 Å². The Labute approximate surface area is 101 Å². The molecule has 3 nitrogen and oxygen atoms in total. The van der Waals surface area contributed by atoms with Gasteiger partial charge in [0.1, 0.15) is 11.9 Å². The summed E-state index contributed by atoms with van der Waals surface area (Å²) in [5.74, 6) is 1.36. The zero-order valence-corrected chi connectivity index (χ0v) is 10.3. The highest BCUT2D eigenvalue weighted by atomic mass is 16.5.